The summed E-state index contributed by atoms with van der Waals surface area (Å²) in [4.78, 5) is 20.9. The van der Waals surface area contributed by atoms with Gasteiger partial charge < -0.3 is 10.1 Å². The number of rotatable bonds is 5. The van der Waals surface area contributed by atoms with Crippen LogP contribution in [-0.4, -0.2) is 23.0 Å². The first kappa shape index (κ1) is 16.6. The van der Waals surface area contributed by atoms with Crippen molar-refractivity contribution in [2.75, 3.05) is 7.11 Å². The molecule has 2 aromatic carbocycles. The molecule has 3 aromatic rings. The second kappa shape index (κ2) is 7.57. The number of hydrogen-bond acceptors (Lipinski definition) is 4. The first-order valence-corrected chi connectivity index (χ1v) is 7.96. The van der Waals surface area contributed by atoms with Gasteiger partial charge in [0.1, 0.15) is 11.4 Å². The van der Waals surface area contributed by atoms with Gasteiger partial charge in [0.15, 0.2) is 0 Å². The lowest BCUT2D eigenvalue weighted by Crippen LogP contribution is -2.30. The molecule has 0 radical (unpaired) electrons. The van der Waals surface area contributed by atoms with Gasteiger partial charge in [0.2, 0.25) is 0 Å². The third kappa shape index (κ3) is 4.01. The summed E-state index contributed by atoms with van der Waals surface area (Å²) in [6.07, 6.45) is 3.07. The second-order valence-electron chi connectivity index (χ2n) is 5.63. The van der Waals surface area contributed by atoms with E-state index in [1.807, 2.05) is 61.5 Å². The van der Waals surface area contributed by atoms with Crippen LogP contribution in [0.4, 0.5) is 0 Å². The normalized spacial score (nSPS) is 11.6. The van der Waals surface area contributed by atoms with Crippen LogP contribution in [0.2, 0.25) is 0 Å². The highest BCUT2D eigenvalue weighted by Gasteiger charge is 2.18. The van der Waals surface area contributed by atoms with E-state index in [4.69, 9.17) is 4.74 Å². The lowest BCUT2D eigenvalue weighted by Gasteiger charge is -2.20. The van der Waals surface area contributed by atoms with Crippen LogP contribution in [0.5, 0.6) is 5.75 Å². The second-order valence-corrected chi connectivity index (χ2v) is 5.63. The Labute approximate surface area is 146 Å². The van der Waals surface area contributed by atoms with Crippen molar-refractivity contribution in [2.24, 2.45) is 0 Å². The standard InChI is InChI=1S/C20H19N3O2/c1-14-12-22-18(13-21-14)20(24)23-19(15-6-4-3-5-7-15)16-8-10-17(25-2)11-9-16/h3-13,19H,1-2H3,(H,23,24). The van der Waals surface area contributed by atoms with Gasteiger partial charge >= 0.3 is 0 Å². The molecule has 1 heterocycles. The lowest BCUT2D eigenvalue weighted by molar-refractivity contribution is 0.0937. The molecule has 0 spiro atoms. The molecule has 0 bridgehead atoms. The van der Waals surface area contributed by atoms with Gasteiger partial charge in [-0.2, -0.15) is 0 Å². The largest absolute Gasteiger partial charge is 0.497 e. The summed E-state index contributed by atoms with van der Waals surface area (Å²) in [5.74, 6) is 0.503. The molecular formula is C20H19N3O2. The van der Waals surface area contributed by atoms with Crippen LogP contribution in [-0.2, 0) is 0 Å². The van der Waals surface area contributed by atoms with Crippen molar-refractivity contribution in [1.29, 1.82) is 0 Å². The maximum Gasteiger partial charge on any atom is 0.272 e. The minimum absolute atomic E-state index is 0.267. The summed E-state index contributed by atoms with van der Waals surface area (Å²) in [5, 5.41) is 3.04. The highest BCUT2D eigenvalue weighted by atomic mass is 16.5. The fraction of sp³-hybridized carbons (Fsp3) is 0.150. The Morgan fingerprint density at radius 2 is 1.64 bits per heavy atom. The molecule has 0 fully saturated rings. The van der Waals surface area contributed by atoms with Crippen molar-refractivity contribution in [1.82, 2.24) is 15.3 Å². The molecule has 126 valence electrons. The van der Waals surface area contributed by atoms with Crippen molar-refractivity contribution in [3.05, 3.63) is 89.5 Å². The van der Waals surface area contributed by atoms with E-state index < -0.39 is 0 Å². The van der Waals surface area contributed by atoms with Crippen LogP contribution in [0.1, 0.15) is 33.4 Å². The number of methoxy groups -OCH3 is 1. The van der Waals surface area contributed by atoms with Gasteiger partial charge in [-0.15, -0.1) is 0 Å². The predicted molar refractivity (Wildman–Crippen MR) is 95.5 cm³/mol. The van der Waals surface area contributed by atoms with Crippen molar-refractivity contribution in [2.45, 2.75) is 13.0 Å². The quantitative estimate of drug-likeness (QED) is 0.778. The van der Waals surface area contributed by atoms with Crippen LogP contribution in [0.25, 0.3) is 0 Å². The first-order chi connectivity index (χ1) is 12.2. The average Bonchev–Trinajstić information content (AvgIpc) is 2.67. The summed E-state index contributed by atoms with van der Waals surface area (Å²) in [6.45, 7) is 1.83. The molecule has 5 heteroatoms. The molecule has 0 aliphatic rings. The minimum atomic E-state index is -0.289. The summed E-state index contributed by atoms with van der Waals surface area (Å²) in [7, 11) is 1.63. The summed E-state index contributed by atoms with van der Waals surface area (Å²) < 4.78 is 5.21. The Morgan fingerprint density at radius 3 is 2.24 bits per heavy atom. The highest BCUT2D eigenvalue weighted by Crippen LogP contribution is 2.24. The van der Waals surface area contributed by atoms with E-state index >= 15 is 0 Å². The lowest BCUT2D eigenvalue weighted by atomic mass is 9.98. The van der Waals surface area contributed by atoms with Gasteiger partial charge in [-0.25, -0.2) is 4.98 Å². The summed E-state index contributed by atoms with van der Waals surface area (Å²) in [5.41, 5.74) is 3.01. The molecule has 1 aromatic heterocycles. The number of hydrogen-bond donors (Lipinski definition) is 1. The zero-order chi connectivity index (χ0) is 17.6. The maximum atomic E-state index is 12.6. The molecular weight excluding hydrogens is 314 g/mol. The van der Waals surface area contributed by atoms with E-state index in [2.05, 4.69) is 15.3 Å². The van der Waals surface area contributed by atoms with Crippen molar-refractivity contribution >= 4 is 5.91 Å². The number of aryl methyl sites for hydroxylation is 1. The minimum Gasteiger partial charge on any atom is -0.497 e. The van der Waals surface area contributed by atoms with Gasteiger partial charge in [-0.05, 0) is 30.2 Å². The van der Waals surface area contributed by atoms with Crippen LogP contribution in [0.3, 0.4) is 0 Å². The molecule has 0 saturated heterocycles. The SMILES string of the molecule is COc1ccc(C(NC(=O)c2cnc(C)cn2)c2ccccc2)cc1. The maximum absolute atomic E-state index is 12.6. The zero-order valence-corrected chi connectivity index (χ0v) is 14.1. The number of carbonyl (C=O) groups excluding carboxylic acids is 1. The third-order valence-electron chi connectivity index (χ3n) is 3.87. The number of nitrogens with zero attached hydrogens (tertiary/aromatic N) is 2. The fourth-order valence-electron chi connectivity index (χ4n) is 2.52. The van der Waals surface area contributed by atoms with E-state index in [1.165, 1.54) is 6.20 Å². The average molecular weight is 333 g/mol. The Balaban J connectivity index is 1.90. The zero-order valence-electron chi connectivity index (χ0n) is 14.1. The Morgan fingerprint density at radius 1 is 0.960 bits per heavy atom. The Bertz CT molecular complexity index is 831. The van der Waals surface area contributed by atoms with Crippen LogP contribution < -0.4 is 10.1 Å². The van der Waals surface area contributed by atoms with E-state index in [0.29, 0.717) is 5.69 Å². The summed E-state index contributed by atoms with van der Waals surface area (Å²) in [6, 6.07) is 17.2. The van der Waals surface area contributed by atoms with E-state index in [-0.39, 0.29) is 11.9 Å². The molecule has 1 unspecified atom stereocenters. The monoisotopic (exact) mass is 333 g/mol. The van der Waals surface area contributed by atoms with Crippen LogP contribution >= 0.6 is 0 Å². The number of aromatic nitrogens is 2. The molecule has 0 aliphatic heterocycles. The van der Waals surface area contributed by atoms with Crippen molar-refractivity contribution < 1.29 is 9.53 Å². The van der Waals surface area contributed by atoms with Gasteiger partial charge in [-0.3, -0.25) is 9.78 Å². The Kier molecular flexibility index (Phi) is 5.04. The Hall–Kier alpha value is -3.21. The van der Waals surface area contributed by atoms with Crippen molar-refractivity contribution in [3.63, 3.8) is 0 Å². The molecule has 0 saturated carbocycles. The number of nitrogens with one attached hydrogen (secondary N) is 1. The molecule has 5 nitrogen and oxygen atoms in total. The van der Waals surface area contributed by atoms with Gasteiger partial charge in [-0.1, -0.05) is 42.5 Å². The summed E-state index contributed by atoms with van der Waals surface area (Å²) >= 11 is 0. The first-order valence-electron chi connectivity index (χ1n) is 7.96. The topological polar surface area (TPSA) is 64.1 Å². The van der Waals surface area contributed by atoms with E-state index in [9.17, 15) is 4.79 Å². The third-order valence-corrected chi connectivity index (χ3v) is 3.87. The van der Waals surface area contributed by atoms with E-state index in [0.717, 1.165) is 22.6 Å². The molecule has 25 heavy (non-hydrogen) atoms. The van der Waals surface area contributed by atoms with Crippen LogP contribution in [0, 0.1) is 6.92 Å². The molecule has 0 aliphatic carbocycles. The molecule has 1 amide bonds. The molecule has 3 rings (SSSR count). The number of ether oxygens (including phenoxy) is 1. The number of carbonyl (C=O) groups is 1. The smallest absolute Gasteiger partial charge is 0.272 e. The molecule has 1 N–H and O–H groups in total. The fourth-order valence-corrected chi connectivity index (χ4v) is 2.52. The van der Waals surface area contributed by atoms with Gasteiger partial charge in [0.05, 0.1) is 25.0 Å². The molecule has 1 atom stereocenters. The van der Waals surface area contributed by atoms with Crippen LogP contribution in [0.15, 0.2) is 67.0 Å². The van der Waals surface area contributed by atoms with E-state index in [1.54, 1.807) is 13.3 Å². The number of benzene rings is 2. The van der Waals surface area contributed by atoms with Crippen molar-refractivity contribution in [3.8, 4) is 5.75 Å². The van der Waals surface area contributed by atoms with Gasteiger partial charge in [0, 0.05) is 6.20 Å². The highest BCUT2D eigenvalue weighted by molar-refractivity contribution is 5.92. The number of amides is 1. The predicted octanol–water partition coefficient (Wildman–Crippen LogP) is 3.31. The van der Waals surface area contributed by atoms with Gasteiger partial charge in [0.25, 0.3) is 5.91 Å².